The standard InChI is InChI=1S/C29H34NO6/c1-32-24-9-7-18(10-25(24)33-2)6-8-19-11-21-17-30(31)28(36-5)16-29-14-20(19)12-22(21)23(29)13-26(34-3)27(15-29)35-4/h7,9-10,13,15-17,19-20H,6,8,11-12,14H2,1-5H3/q+1/b21-17-,28-16+. The van der Waals surface area contributed by atoms with Gasteiger partial charge in [0.25, 0.3) is 0 Å². The smallest absolute Gasteiger partial charge is 0.419 e. The first-order valence-corrected chi connectivity index (χ1v) is 12.4. The zero-order chi connectivity index (χ0) is 25.4. The number of nitrogens with zero attached hydrogens (tertiary/aromatic N) is 1. The zero-order valence-corrected chi connectivity index (χ0v) is 21.6. The predicted molar refractivity (Wildman–Crippen MR) is 135 cm³/mol. The summed E-state index contributed by atoms with van der Waals surface area (Å²) >= 11 is 0. The summed E-state index contributed by atoms with van der Waals surface area (Å²) in [5.41, 5.74) is 4.25. The van der Waals surface area contributed by atoms with Crippen LogP contribution >= 0.6 is 0 Å². The fourth-order valence-corrected chi connectivity index (χ4v) is 6.34. The Bertz CT molecular complexity index is 1240. The Morgan fingerprint density at radius 3 is 2.39 bits per heavy atom. The van der Waals surface area contributed by atoms with Gasteiger partial charge in [0.15, 0.2) is 23.0 Å². The van der Waals surface area contributed by atoms with Gasteiger partial charge in [0.2, 0.25) is 6.20 Å². The largest absolute Gasteiger partial charge is 0.493 e. The van der Waals surface area contributed by atoms with Crippen LogP contribution in [0, 0.1) is 22.2 Å². The highest BCUT2D eigenvalue weighted by Crippen LogP contribution is 2.58. The molecule has 3 aliphatic carbocycles. The summed E-state index contributed by atoms with van der Waals surface area (Å²) in [6.45, 7) is 0. The van der Waals surface area contributed by atoms with Crippen LogP contribution < -0.4 is 9.47 Å². The monoisotopic (exact) mass is 492 g/mol. The lowest BCUT2D eigenvalue weighted by atomic mass is 9.56. The minimum Gasteiger partial charge on any atom is -0.493 e. The second-order valence-electron chi connectivity index (χ2n) is 9.89. The van der Waals surface area contributed by atoms with Crippen molar-refractivity contribution >= 4 is 0 Å². The number of fused-ring (bicyclic) bond motifs is 1. The van der Waals surface area contributed by atoms with Crippen LogP contribution in [-0.4, -0.2) is 40.3 Å². The van der Waals surface area contributed by atoms with Crippen molar-refractivity contribution in [3.8, 4) is 11.5 Å². The van der Waals surface area contributed by atoms with E-state index < -0.39 is 5.41 Å². The Labute approximate surface area is 212 Å². The van der Waals surface area contributed by atoms with Gasteiger partial charge >= 0.3 is 5.88 Å². The number of ether oxygens (including phenoxy) is 5. The van der Waals surface area contributed by atoms with E-state index in [2.05, 4.69) is 24.3 Å². The molecule has 190 valence electrons. The highest BCUT2D eigenvalue weighted by molar-refractivity contribution is 5.57. The molecule has 7 heteroatoms. The van der Waals surface area contributed by atoms with Gasteiger partial charge in [-0.25, -0.2) is 0 Å². The van der Waals surface area contributed by atoms with Crippen LogP contribution in [0.2, 0.25) is 0 Å². The molecule has 7 nitrogen and oxygen atoms in total. The molecule has 3 atom stereocenters. The van der Waals surface area contributed by atoms with Gasteiger partial charge in [0.1, 0.15) is 4.76 Å². The average Bonchev–Trinajstić information content (AvgIpc) is 2.90. The van der Waals surface area contributed by atoms with E-state index in [1.165, 1.54) is 16.7 Å². The van der Waals surface area contributed by atoms with Crippen molar-refractivity contribution in [1.29, 1.82) is 0 Å². The number of allylic oxidation sites excluding steroid dienone is 6. The van der Waals surface area contributed by atoms with Crippen molar-refractivity contribution in [1.82, 2.24) is 0 Å². The van der Waals surface area contributed by atoms with Crippen LogP contribution in [0.3, 0.4) is 0 Å². The fourth-order valence-electron chi connectivity index (χ4n) is 6.34. The van der Waals surface area contributed by atoms with Gasteiger partial charge in [-0.1, -0.05) is 6.07 Å². The molecule has 5 rings (SSSR count). The Morgan fingerprint density at radius 1 is 0.917 bits per heavy atom. The number of methoxy groups -OCH3 is 5. The molecule has 0 radical (unpaired) electrons. The van der Waals surface area contributed by atoms with Crippen LogP contribution in [-0.2, 0) is 20.6 Å². The molecule has 4 aliphatic rings. The summed E-state index contributed by atoms with van der Waals surface area (Å²) in [6, 6.07) is 6.13. The molecule has 3 unspecified atom stereocenters. The van der Waals surface area contributed by atoms with Gasteiger partial charge < -0.3 is 23.7 Å². The third-order valence-electron chi connectivity index (χ3n) is 8.11. The molecule has 1 heterocycles. The number of aryl methyl sites for hydroxylation is 1. The summed E-state index contributed by atoms with van der Waals surface area (Å²) in [7, 11) is 8.17. The van der Waals surface area contributed by atoms with Crippen molar-refractivity contribution in [3.63, 3.8) is 0 Å². The first-order chi connectivity index (χ1) is 17.4. The summed E-state index contributed by atoms with van der Waals surface area (Å²) in [5.74, 6) is 4.09. The van der Waals surface area contributed by atoms with Gasteiger partial charge in [-0.05, 0) is 84.9 Å². The van der Waals surface area contributed by atoms with Crippen LogP contribution in [0.5, 0.6) is 11.5 Å². The second-order valence-corrected chi connectivity index (χ2v) is 9.89. The maximum atomic E-state index is 13.1. The molecule has 1 saturated carbocycles. The predicted octanol–water partition coefficient (Wildman–Crippen LogP) is 5.59. The zero-order valence-electron chi connectivity index (χ0n) is 21.6. The quantitative estimate of drug-likeness (QED) is 0.441. The van der Waals surface area contributed by atoms with Crippen LogP contribution in [0.15, 0.2) is 76.7 Å². The lowest BCUT2D eigenvalue weighted by Gasteiger charge is -2.47. The van der Waals surface area contributed by atoms with Gasteiger partial charge in [-0.3, -0.25) is 0 Å². The Kier molecular flexibility index (Phi) is 6.41. The molecule has 3 bridgehead atoms. The normalized spacial score (nSPS) is 29.4. The SMILES string of the molecule is COC1=CC2=C3CC4CC2(C=C1OC)/C=C(/OC)[N+](=O)/C=C\3CC4CCc1ccc(OC)c(OC)c1. The third-order valence-corrected chi connectivity index (χ3v) is 8.11. The molecule has 1 fully saturated rings. The Morgan fingerprint density at radius 2 is 1.69 bits per heavy atom. The van der Waals surface area contributed by atoms with E-state index in [-0.39, 0.29) is 0 Å². The maximum Gasteiger partial charge on any atom is 0.419 e. The van der Waals surface area contributed by atoms with Crippen molar-refractivity contribution in [2.24, 2.45) is 17.3 Å². The molecular weight excluding hydrogens is 458 g/mol. The van der Waals surface area contributed by atoms with Crippen LogP contribution in [0.1, 0.15) is 31.2 Å². The van der Waals surface area contributed by atoms with E-state index in [9.17, 15) is 4.91 Å². The molecule has 0 N–H and O–H groups in total. The van der Waals surface area contributed by atoms with Gasteiger partial charge in [0.05, 0.1) is 35.5 Å². The molecular formula is C29H34NO6+. The number of nitroso groups, excluding NO2 is 1. The third kappa shape index (κ3) is 4.00. The highest BCUT2D eigenvalue weighted by atomic mass is 16.5. The number of benzene rings is 1. The molecule has 0 aromatic heterocycles. The number of hydrogen-bond donors (Lipinski definition) is 0. The van der Waals surface area contributed by atoms with E-state index >= 15 is 0 Å². The minimum atomic E-state index is -0.485. The van der Waals surface area contributed by atoms with Crippen LogP contribution in [0.25, 0.3) is 0 Å². The summed E-state index contributed by atoms with van der Waals surface area (Å²) in [5, 5.41) is 0. The van der Waals surface area contributed by atoms with Crippen molar-refractivity contribution < 1.29 is 28.4 Å². The molecule has 0 spiro atoms. The average molecular weight is 493 g/mol. The van der Waals surface area contributed by atoms with Crippen molar-refractivity contribution in [2.45, 2.75) is 32.1 Å². The van der Waals surface area contributed by atoms with E-state index in [0.29, 0.717) is 29.2 Å². The number of hydrogen-bond acceptors (Lipinski definition) is 6. The molecule has 1 aromatic carbocycles. The van der Waals surface area contributed by atoms with Crippen molar-refractivity contribution in [3.05, 3.63) is 87.2 Å². The lowest BCUT2D eigenvalue weighted by Crippen LogP contribution is -2.39. The highest BCUT2D eigenvalue weighted by Gasteiger charge is 2.50. The lowest BCUT2D eigenvalue weighted by molar-refractivity contribution is -0.462. The van der Waals surface area contributed by atoms with E-state index in [0.717, 1.165) is 53.9 Å². The number of rotatable bonds is 8. The topological polar surface area (TPSA) is 66.2 Å². The Balaban J connectivity index is 1.52. The maximum absolute atomic E-state index is 13.1. The van der Waals surface area contributed by atoms with Gasteiger partial charge in [0, 0.05) is 22.0 Å². The molecule has 36 heavy (non-hydrogen) atoms. The van der Waals surface area contributed by atoms with Gasteiger partial charge in [-0.2, -0.15) is 0 Å². The first kappa shape index (κ1) is 24.2. The summed E-state index contributed by atoms with van der Waals surface area (Å²) in [4.78, 5) is 13.1. The van der Waals surface area contributed by atoms with Gasteiger partial charge in [-0.15, -0.1) is 0 Å². The molecule has 0 saturated heterocycles. The fraction of sp³-hybridized carbons (Fsp3) is 0.448. The van der Waals surface area contributed by atoms with Crippen molar-refractivity contribution in [2.75, 3.05) is 35.5 Å². The molecule has 1 aromatic rings. The summed E-state index contributed by atoms with van der Waals surface area (Å²) < 4.78 is 28.7. The minimum absolute atomic E-state index is 0.300. The van der Waals surface area contributed by atoms with E-state index in [4.69, 9.17) is 23.7 Å². The molecule has 1 aliphatic heterocycles. The summed E-state index contributed by atoms with van der Waals surface area (Å²) in [6.07, 6.45) is 12.5. The second kappa shape index (κ2) is 9.52. The van der Waals surface area contributed by atoms with Crippen LogP contribution in [0.4, 0.5) is 0 Å². The Hall–Kier alpha value is -3.48. The van der Waals surface area contributed by atoms with E-state index in [1.807, 2.05) is 12.1 Å². The van der Waals surface area contributed by atoms with E-state index in [1.54, 1.807) is 41.7 Å². The first-order valence-electron chi connectivity index (χ1n) is 12.4. The molecule has 0 amide bonds.